The summed E-state index contributed by atoms with van der Waals surface area (Å²) in [6.07, 6.45) is 0.361. The lowest BCUT2D eigenvalue weighted by Crippen LogP contribution is -2.35. The van der Waals surface area contributed by atoms with Crippen molar-refractivity contribution in [2.75, 3.05) is 46.6 Å². The van der Waals surface area contributed by atoms with Crippen LogP contribution in [0.1, 0.15) is 16.7 Å². The molecule has 0 radical (unpaired) electrons. The zero-order chi connectivity index (χ0) is 20.1. The Morgan fingerprint density at radius 2 is 1.90 bits per heavy atom. The summed E-state index contributed by atoms with van der Waals surface area (Å²) in [7, 11) is 1.64. The van der Waals surface area contributed by atoms with Crippen LogP contribution in [-0.4, -0.2) is 62.3 Å². The summed E-state index contributed by atoms with van der Waals surface area (Å²) in [6.45, 7) is 6.08. The second kappa shape index (κ2) is 9.29. The van der Waals surface area contributed by atoms with E-state index in [1.165, 1.54) is 5.56 Å². The summed E-state index contributed by atoms with van der Waals surface area (Å²) in [6, 6.07) is 14.0. The first kappa shape index (κ1) is 19.7. The van der Waals surface area contributed by atoms with Crippen LogP contribution in [0.5, 0.6) is 11.5 Å². The van der Waals surface area contributed by atoms with Gasteiger partial charge in [0, 0.05) is 31.7 Å². The van der Waals surface area contributed by atoms with Crippen molar-refractivity contribution in [1.29, 1.82) is 0 Å². The summed E-state index contributed by atoms with van der Waals surface area (Å²) < 4.78 is 16.6. The summed E-state index contributed by atoms with van der Waals surface area (Å²) in [5.41, 5.74) is 3.28. The molecule has 0 aliphatic carbocycles. The molecule has 0 N–H and O–H groups in total. The van der Waals surface area contributed by atoms with E-state index in [0.717, 1.165) is 55.5 Å². The molecule has 6 nitrogen and oxygen atoms in total. The van der Waals surface area contributed by atoms with Crippen LogP contribution >= 0.6 is 0 Å². The van der Waals surface area contributed by atoms with Crippen LogP contribution in [0.25, 0.3) is 0 Å². The predicted molar refractivity (Wildman–Crippen MR) is 110 cm³/mol. The second-order valence-corrected chi connectivity index (χ2v) is 7.52. The van der Waals surface area contributed by atoms with Gasteiger partial charge in [0.1, 0.15) is 18.1 Å². The second-order valence-electron chi connectivity index (χ2n) is 7.52. The van der Waals surface area contributed by atoms with E-state index >= 15 is 0 Å². The molecule has 0 unspecified atom stereocenters. The zero-order valence-corrected chi connectivity index (χ0v) is 16.9. The van der Waals surface area contributed by atoms with Crippen molar-refractivity contribution in [3.8, 4) is 11.5 Å². The Balaban J connectivity index is 1.44. The lowest BCUT2D eigenvalue weighted by molar-refractivity contribution is -0.131. The number of morpholine rings is 1. The van der Waals surface area contributed by atoms with Crippen molar-refractivity contribution >= 4 is 5.91 Å². The van der Waals surface area contributed by atoms with Crippen LogP contribution in [-0.2, 0) is 29.0 Å². The molecule has 0 aromatic heterocycles. The summed E-state index contributed by atoms with van der Waals surface area (Å²) in [4.78, 5) is 17.2. The number of methoxy groups -OCH3 is 1. The minimum Gasteiger partial charge on any atom is -0.497 e. The van der Waals surface area contributed by atoms with Crippen LogP contribution in [0.4, 0.5) is 0 Å². The highest BCUT2D eigenvalue weighted by Gasteiger charge is 2.21. The highest BCUT2D eigenvalue weighted by Crippen LogP contribution is 2.26. The monoisotopic (exact) mass is 396 g/mol. The lowest BCUT2D eigenvalue weighted by Gasteiger charge is -2.27. The molecule has 0 saturated carbocycles. The first-order valence-electron chi connectivity index (χ1n) is 10.2. The fraction of sp³-hybridized carbons (Fsp3) is 0.435. The standard InChI is InChI=1S/C23H28N2O4/c1-27-21-4-2-3-18(14-21)15-23(26)25-9-12-29-22-6-5-19(13-20(22)17-25)16-24-7-10-28-11-8-24/h2-6,13-14H,7-12,15-17H2,1H3. The molecule has 1 fully saturated rings. The van der Waals surface area contributed by atoms with Crippen LogP contribution in [0.3, 0.4) is 0 Å². The van der Waals surface area contributed by atoms with Crippen LogP contribution < -0.4 is 9.47 Å². The third-order valence-corrected chi connectivity index (χ3v) is 5.46. The van der Waals surface area contributed by atoms with Gasteiger partial charge in [0.2, 0.25) is 5.91 Å². The van der Waals surface area contributed by atoms with Crippen LogP contribution in [0.2, 0.25) is 0 Å². The first-order chi connectivity index (χ1) is 14.2. The van der Waals surface area contributed by atoms with E-state index in [-0.39, 0.29) is 5.91 Å². The zero-order valence-electron chi connectivity index (χ0n) is 16.9. The number of rotatable bonds is 5. The van der Waals surface area contributed by atoms with Crippen LogP contribution in [0.15, 0.2) is 42.5 Å². The fourth-order valence-electron chi connectivity index (χ4n) is 3.85. The number of hydrogen-bond donors (Lipinski definition) is 0. The van der Waals surface area contributed by atoms with Gasteiger partial charge >= 0.3 is 0 Å². The minimum atomic E-state index is 0.105. The fourth-order valence-corrected chi connectivity index (χ4v) is 3.85. The molecule has 29 heavy (non-hydrogen) atoms. The Kier molecular flexibility index (Phi) is 6.32. The molecule has 4 rings (SSSR count). The lowest BCUT2D eigenvalue weighted by atomic mass is 10.1. The molecule has 0 spiro atoms. The molecule has 0 atom stereocenters. The Morgan fingerprint density at radius 3 is 2.72 bits per heavy atom. The Bertz CT molecular complexity index is 849. The maximum atomic E-state index is 12.9. The third-order valence-electron chi connectivity index (χ3n) is 5.46. The van der Waals surface area contributed by atoms with Crippen molar-refractivity contribution in [3.05, 3.63) is 59.2 Å². The van der Waals surface area contributed by atoms with E-state index in [4.69, 9.17) is 14.2 Å². The van der Waals surface area contributed by atoms with Gasteiger partial charge in [-0.05, 0) is 35.4 Å². The molecular weight excluding hydrogens is 368 g/mol. The van der Waals surface area contributed by atoms with E-state index in [0.29, 0.717) is 26.1 Å². The number of benzene rings is 2. The molecule has 1 saturated heterocycles. The molecule has 2 heterocycles. The number of hydrogen-bond acceptors (Lipinski definition) is 5. The van der Waals surface area contributed by atoms with Crippen molar-refractivity contribution in [3.63, 3.8) is 0 Å². The summed E-state index contributed by atoms with van der Waals surface area (Å²) >= 11 is 0. The number of ether oxygens (including phenoxy) is 3. The quantitative estimate of drug-likeness (QED) is 0.777. The maximum Gasteiger partial charge on any atom is 0.227 e. The van der Waals surface area contributed by atoms with E-state index in [1.54, 1.807) is 7.11 Å². The average Bonchev–Trinajstić information content (AvgIpc) is 2.97. The topological polar surface area (TPSA) is 51.2 Å². The number of amides is 1. The molecule has 2 aromatic carbocycles. The van der Waals surface area contributed by atoms with Crippen molar-refractivity contribution < 1.29 is 19.0 Å². The van der Waals surface area contributed by atoms with E-state index in [9.17, 15) is 4.79 Å². The van der Waals surface area contributed by atoms with Gasteiger partial charge in [-0.15, -0.1) is 0 Å². The third kappa shape index (κ3) is 5.08. The highest BCUT2D eigenvalue weighted by atomic mass is 16.5. The first-order valence-corrected chi connectivity index (χ1v) is 10.2. The maximum absolute atomic E-state index is 12.9. The Hall–Kier alpha value is -2.57. The largest absolute Gasteiger partial charge is 0.497 e. The number of carbonyl (C=O) groups is 1. The van der Waals surface area contributed by atoms with Gasteiger partial charge in [0.25, 0.3) is 0 Å². The van der Waals surface area contributed by atoms with E-state index in [1.807, 2.05) is 35.2 Å². The van der Waals surface area contributed by atoms with Gasteiger partial charge in [-0.25, -0.2) is 0 Å². The molecule has 154 valence electrons. The van der Waals surface area contributed by atoms with Gasteiger partial charge in [-0.2, -0.15) is 0 Å². The molecule has 2 aliphatic rings. The van der Waals surface area contributed by atoms with Gasteiger partial charge in [-0.1, -0.05) is 18.2 Å². The Labute approximate surface area is 172 Å². The molecular formula is C23H28N2O4. The molecule has 6 heteroatoms. The SMILES string of the molecule is COc1cccc(CC(=O)N2CCOc3ccc(CN4CCOCC4)cc3C2)c1. The molecule has 0 bridgehead atoms. The van der Waals surface area contributed by atoms with Crippen molar-refractivity contribution in [2.45, 2.75) is 19.5 Å². The number of nitrogens with zero attached hydrogens (tertiary/aromatic N) is 2. The van der Waals surface area contributed by atoms with Gasteiger partial charge in [0.05, 0.1) is 33.3 Å². The molecule has 2 aliphatic heterocycles. The number of fused-ring (bicyclic) bond motifs is 1. The minimum absolute atomic E-state index is 0.105. The molecule has 2 aromatic rings. The predicted octanol–water partition coefficient (Wildman–Crippen LogP) is 2.49. The average molecular weight is 396 g/mol. The summed E-state index contributed by atoms with van der Waals surface area (Å²) in [5, 5.41) is 0. The van der Waals surface area contributed by atoms with Gasteiger partial charge in [0.15, 0.2) is 0 Å². The van der Waals surface area contributed by atoms with Crippen molar-refractivity contribution in [2.24, 2.45) is 0 Å². The van der Waals surface area contributed by atoms with Crippen LogP contribution in [0, 0.1) is 0 Å². The number of carbonyl (C=O) groups excluding carboxylic acids is 1. The van der Waals surface area contributed by atoms with E-state index < -0.39 is 0 Å². The summed E-state index contributed by atoms with van der Waals surface area (Å²) in [5.74, 6) is 1.76. The smallest absolute Gasteiger partial charge is 0.227 e. The van der Waals surface area contributed by atoms with Gasteiger partial charge < -0.3 is 19.1 Å². The highest BCUT2D eigenvalue weighted by molar-refractivity contribution is 5.79. The van der Waals surface area contributed by atoms with Gasteiger partial charge in [-0.3, -0.25) is 9.69 Å². The normalized spacial score (nSPS) is 17.2. The van der Waals surface area contributed by atoms with E-state index in [2.05, 4.69) is 17.0 Å². The molecule has 1 amide bonds. The Morgan fingerprint density at radius 1 is 1.03 bits per heavy atom. The van der Waals surface area contributed by atoms with Crippen molar-refractivity contribution in [1.82, 2.24) is 9.80 Å².